The Labute approximate surface area is 236 Å². The van der Waals surface area contributed by atoms with Crippen molar-refractivity contribution in [2.45, 2.75) is 61.4 Å². The van der Waals surface area contributed by atoms with E-state index in [4.69, 9.17) is 23.7 Å². The summed E-state index contributed by atoms with van der Waals surface area (Å²) in [6.07, 6.45) is -15.0. The predicted octanol–water partition coefficient (Wildman–Crippen LogP) is -2.03. The molecule has 16 nitrogen and oxygen atoms in total. The topological polar surface area (TPSA) is 269 Å². The summed E-state index contributed by atoms with van der Waals surface area (Å²) in [7, 11) is 0. The maximum Gasteiger partial charge on any atom is 0.229 e. The Kier molecular flexibility index (Phi) is 8.26. The van der Waals surface area contributed by atoms with Crippen molar-refractivity contribution in [2.75, 3.05) is 13.2 Å². The van der Waals surface area contributed by atoms with Gasteiger partial charge in [-0.1, -0.05) is 0 Å². The number of aliphatic hydroxyl groups is 6. The molecule has 10 unspecified atom stereocenters. The van der Waals surface area contributed by atoms with E-state index in [-0.39, 0.29) is 28.4 Å². The maximum absolute atomic E-state index is 10.9. The van der Waals surface area contributed by atoms with Gasteiger partial charge < -0.3 is 79.9 Å². The lowest BCUT2D eigenvalue weighted by molar-refractivity contribution is -0.352. The second kappa shape index (κ2) is 11.6. The monoisotopic (exact) mass is 598 g/mol. The van der Waals surface area contributed by atoms with Crippen LogP contribution in [0.4, 0.5) is 0 Å². The van der Waals surface area contributed by atoms with Gasteiger partial charge in [0, 0.05) is 17.7 Å². The number of phenols is 5. The number of benzene rings is 2. The van der Waals surface area contributed by atoms with Gasteiger partial charge in [-0.3, -0.25) is 0 Å². The molecule has 230 valence electrons. The van der Waals surface area contributed by atoms with Crippen molar-refractivity contribution >= 4 is 6.08 Å². The van der Waals surface area contributed by atoms with E-state index in [9.17, 15) is 56.2 Å². The summed E-state index contributed by atoms with van der Waals surface area (Å²) in [5.41, 5.74) is 0.0141. The molecule has 0 spiro atoms. The Bertz CT molecular complexity index is 1310. The van der Waals surface area contributed by atoms with Crippen molar-refractivity contribution in [3.8, 4) is 34.5 Å². The smallest absolute Gasteiger partial charge is 0.229 e. The molecule has 3 aliphatic rings. The zero-order valence-electron chi connectivity index (χ0n) is 21.5. The normalized spacial score (nSPS) is 34.7. The first kappa shape index (κ1) is 29.9. The summed E-state index contributed by atoms with van der Waals surface area (Å²) in [6, 6.07) is 4.26. The van der Waals surface area contributed by atoms with Gasteiger partial charge in [0.2, 0.25) is 6.29 Å². The predicted molar refractivity (Wildman–Crippen MR) is 134 cm³/mol. The van der Waals surface area contributed by atoms with Gasteiger partial charge in [0.05, 0.1) is 18.8 Å². The first-order valence-corrected chi connectivity index (χ1v) is 12.7. The lowest BCUT2D eigenvalue weighted by Crippen LogP contribution is -2.63. The molecule has 0 bridgehead atoms. The van der Waals surface area contributed by atoms with Crippen molar-refractivity contribution in [3.05, 3.63) is 41.2 Å². The van der Waals surface area contributed by atoms with E-state index >= 15 is 0 Å². The van der Waals surface area contributed by atoms with Crippen LogP contribution in [0.15, 0.2) is 30.0 Å². The van der Waals surface area contributed by atoms with Crippen LogP contribution in [0.25, 0.3) is 6.08 Å². The van der Waals surface area contributed by atoms with E-state index in [1.165, 1.54) is 12.1 Å². The summed E-state index contributed by atoms with van der Waals surface area (Å²) in [5, 5.41) is 112. The van der Waals surface area contributed by atoms with Crippen LogP contribution in [0.5, 0.6) is 34.5 Å². The number of aromatic hydroxyl groups is 5. The molecule has 10 atom stereocenters. The lowest BCUT2D eigenvalue weighted by atomic mass is 9.97. The van der Waals surface area contributed by atoms with Crippen molar-refractivity contribution < 1.29 is 79.9 Å². The molecule has 0 aliphatic carbocycles. The first-order chi connectivity index (χ1) is 19.9. The molecular formula is C26H30O16. The highest BCUT2D eigenvalue weighted by atomic mass is 16.8. The van der Waals surface area contributed by atoms with Gasteiger partial charge in [-0.25, -0.2) is 0 Å². The Morgan fingerprint density at radius 2 is 1.48 bits per heavy atom. The molecule has 2 aromatic carbocycles. The van der Waals surface area contributed by atoms with E-state index in [0.29, 0.717) is 0 Å². The summed E-state index contributed by atoms with van der Waals surface area (Å²) < 4.78 is 28.5. The summed E-state index contributed by atoms with van der Waals surface area (Å²) >= 11 is 0. The molecule has 0 aromatic heterocycles. The third-order valence-electron chi connectivity index (χ3n) is 7.11. The van der Waals surface area contributed by atoms with Gasteiger partial charge in [0.1, 0.15) is 59.6 Å². The number of ether oxygens (including phenoxy) is 5. The molecule has 0 amide bonds. The van der Waals surface area contributed by atoms with Crippen LogP contribution < -0.4 is 4.74 Å². The van der Waals surface area contributed by atoms with Crippen LogP contribution >= 0.6 is 0 Å². The average molecular weight is 599 g/mol. The minimum atomic E-state index is -1.83. The Morgan fingerprint density at radius 3 is 2.14 bits per heavy atom. The fraction of sp³-hybridized carbons (Fsp3) is 0.462. The summed E-state index contributed by atoms with van der Waals surface area (Å²) in [6.45, 7) is -1.22. The largest absolute Gasteiger partial charge is 0.508 e. The Balaban J connectivity index is 1.53. The fourth-order valence-electron chi connectivity index (χ4n) is 4.83. The molecule has 3 aliphatic heterocycles. The van der Waals surface area contributed by atoms with Gasteiger partial charge in [-0.05, 0) is 18.2 Å². The fourth-order valence-corrected chi connectivity index (χ4v) is 4.83. The molecular weight excluding hydrogens is 568 g/mol. The maximum atomic E-state index is 10.9. The zero-order valence-corrected chi connectivity index (χ0v) is 21.5. The van der Waals surface area contributed by atoms with Crippen molar-refractivity contribution in [3.63, 3.8) is 0 Å². The van der Waals surface area contributed by atoms with Gasteiger partial charge in [-0.15, -0.1) is 0 Å². The zero-order chi connectivity index (χ0) is 30.5. The van der Waals surface area contributed by atoms with Crippen LogP contribution in [-0.4, -0.2) is 125 Å². The molecule has 3 heterocycles. The van der Waals surface area contributed by atoms with Crippen LogP contribution in [0, 0.1) is 0 Å². The van der Waals surface area contributed by atoms with Crippen LogP contribution in [0.2, 0.25) is 0 Å². The number of hydrogen-bond acceptors (Lipinski definition) is 16. The highest BCUT2D eigenvalue weighted by molar-refractivity contribution is 5.70. The van der Waals surface area contributed by atoms with Gasteiger partial charge in [-0.2, -0.15) is 0 Å². The third kappa shape index (κ3) is 5.47. The standard InChI is InChI=1S/C26H30O16/c27-6-17-20(35)21(36)24(42-25-22(37)19(34)14(32)7-38-25)26(41-17)40-16-5-10-11(29)3-9(28)4-15(10)39-23(16)8-1-12(30)18(33)13(31)2-8/h1-5,14,17,19-37H,6-7H2. The summed E-state index contributed by atoms with van der Waals surface area (Å²) in [5.74, 6) is -3.33. The van der Waals surface area contributed by atoms with E-state index in [0.717, 1.165) is 18.2 Å². The Hall–Kier alpha value is -3.58. The van der Waals surface area contributed by atoms with E-state index in [1.54, 1.807) is 0 Å². The number of phenolic OH excluding ortho intramolecular Hbond substituents is 5. The molecule has 2 saturated heterocycles. The molecule has 5 rings (SSSR count). The number of rotatable bonds is 6. The first-order valence-electron chi connectivity index (χ1n) is 12.7. The van der Waals surface area contributed by atoms with E-state index < -0.39 is 97.6 Å². The highest BCUT2D eigenvalue weighted by Gasteiger charge is 2.50. The number of aliphatic hydroxyl groups excluding tert-OH is 6. The highest BCUT2D eigenvalue weighted by Crippen LogP contribution is 2.47. The second-order valence-electron chi connectivity index (χ2n) is 10.0. The molecule has 2 fully saturated rings. The lowest BCUT2D eigenvalue weighted by Gasteiger charge is -2.45. The minimum Gasteiger partial charge on any atom is -0.508 e. The molecule has 16 heteroatoms. The molecule has 2 aromatic rings. The second-order valence-corrected chi connectivity index (χ2v) is 10.0. The number of fused-ring (bicyclic) bond motifs is 1. The van der Waals surface area contributed by atoms with Crippen LogP contribution in [-0.2, 0) is 18.9 Å². The minimum absolute atomic E-state index is 0.00162. The summed E-state index contributed by atoms with van der Waals surface area (Å²) in [4.78, 5) is 0. The van der Waals surface area contributed by atoms with Crippen molar-refractivity contribution in [2.24, 2.45) is 0 Å². The average Bonchev–Trinajstić information content (AvgIpc) is 2.95. The third-order valence-corrected chi connectivity index (χ3v) is 7.11. The molecule has 0 saturated carbocycles. The van der Waals surface area contributed by atoms with Crippen LogP contribution in [0.1, 0.15) is 17.2 Å². The van der Waals surface area contributed by atoms with Crippen LogP contribution in [0.3, 0.4) is 0 Å². The van der Waals surface area contributed by atoms with Gasteiger partial charge >= 0.3 is 0 Å². The van der Waals surface area contributed by atoms with Gasteiger partial charge in [0.15, 0.2) is 35.7 Å². The molecule has 11 N–H and O–H groups in total. The SMILES string of the molecule is OCC1OC(OC2=Cc3c(O)cc(O)cc3OC2c2cc(O)c(O)c(O)c2)C(OC2OCC(O)C(O)C2O)C(O)C1O. The Morgan fingerprint density at radius 1 is 0.786 bits per heavy atom. The van der Waals surface area contributed by atoms with Crippen molar-refractivity contribution in [1.29, 1.82) is 0 Å². The number of hydrogen-bond donors (Lipinski definition) is 11. The molecule has 42 heavy (non-hydrogen) atoms. The quantitative estimate of drug-likeness (QED) is 0.160. The van der Waals surface area contributed by atoms with Gasteiger partial charge in [0.25, 0.3) is 0 Å². The van der Waals surface area contributed by atoms with E-state index in [1.807, 2.05) is 0 Å². The van der Waals surface area contributed by atoms with E-state index in [2.05, 4.69) is 0 Å². The van der Waals surface area contributed by atoms with Crippen molar-refractivity contribution in [1.82, 2.24) is 0 Å². The molecule has 0 radical (unpaired) electrons.